The Balaban J connectivity index is 1.81. The van der Waals surface area contributed by atoms with Gasteiger partial charge in [0.05, 0.1) is 11.8 Å². The largest absolute Gasteiger partial charge is 0.274 e. The van der Waals surface area contributed by atoms with Crippen LogP contribution in [0.15, 0.2) is 12.7 Å². The Morgan fingerprint density at radius 1 is 1.43 bits per heavy atom. The van der Waals surface area contributed by atoms with Crippen LogP contribution in [-0.2, 0) is 14.8 Å². The molecule has 0 N–H and O–H groups in total. The van der Waals surface area contributed by atoms with Gasteiger partial charge in [0, 0.05) is 11.8 Å². The SMILES string of the molecule is C=CC[C@H](C)CCC(=O)N1[C@H]2C[C@H]3CC[C@@]2(CS1(=O)=O)C3(C)C. The molecule has 1 spiro atoms. The second-order valence-electron chi connectivity index (χ2n) is 8.48. The number of rotatable bonds is 5. The highest BCUT2D eigenvalue weighted by atomic mass is 32.2. The van der Waals surface area contributed by atoms with Crippen molar-refractivity contribution < 1.29 is 13.2 Å². The lowest BCUT2D eigenvalue weighted by Gasteiger charge is -2.37. The molecule has 1 heterocycles. The lowest BCUT2D eigenvalue weighted by Crippen LogP contribution is -2.44. The van der Waals surface area contributed by atoms with Gasteiger partial charge >= 0.3 is 0 Å². The second kappa shape index (κ2) is 5.33. The summed E-state index contributed by atoms with van der Waals surface area (Å²) in [6, 6.07) is -0.0940. The molecule has 1 saturated heterocycles. The van der Waals surface area contributed by atoms with Crippen LogP contribution in [-0.4, -0.2) is 30.4 Å². The van der Waals surface area contributed by atoms with E-state index in [9.17, 15) is 13.2 Å². The number of nitrogens with zero attached hydrogens (tertiary/aromatic N) is 1. The van der Waals surface area contributed by atoms with E-state index in [4.69, 9.17) is 0 Å². The van der Waals surface area contributed by atoms with Crippen molar-refractivity contribution in [3.05, 3.63) is 12.7 Å². The van der Waals surface area contributed by atoms with E-state index in [1.165, 1.54) is 4.31 Å². The zero-order chi connectivity index (χ0) is 17.0. The molecule has 0 unspecified atom stereocenters. The molecule has 4 nitrogen and oxygen atoms in total. The minimum atomic E-state index is -3.46. The van der Waals surface area contributed by atoms with Gasteiger partial charge < -0.3 is 0 Å². The smallest absolute Gasteiger partial charge is 0.238 e. The molecule has 23 heavy (non-hydrogen) atoms. The van der Waals surface area contributed by atoms with E-state index in [-0.39, 0.29) is 28.5 Å². The van der Waals surface area contributed by atoms with E-state index in [0.717, 1.165) is 32.1 Å². The molecule has 1 amide bonds. The maximum absolute atomic E-state index is 12.7. The van der Waals surface area contributed by atoms with Gasteiger partial charge in [-0.3, -0.25) is 4.79 Å². The summed E-state index contributed by atoms with van der Waals surface area (Å²) < 4.78 is 26.8. The summed E-state index contributed by atoms with van der Waals surface area (Å²) >= 11 is 0. The van der Waals surface area contributed by atoms with E-state index >= 15 is 0 Å². The van der Waals surface area contributed by atoms with Crippen LogP contribution >= 0.6 is 0 Å². The molecule has 2 aliphatic carbocycles. The molecule has 130 valence electrons. The van der Waals surface area contributed by atoms with E-state index < -0.39 is 10.0 Å². The molecule has 2 bridgehead atoms. The molecular formula is C18H29NO3S. The lowest BCUT2D eigenvalue weighted by atomic mass is 9.69. The van der Waals surface area contributed by atoms with Gasteiger partial charge in [0.1, 0.15) is 0 Å². The van der Waals surface area contributed by atoms with Crippen LogP contribution in [0.2, 0.25) is 0 Å². The first-order valence-corrected chi connectivity index (χ1v) is 10.4. The summed E-state index contributed by atoms with van der Waals surface area (Å²) in [5.74, 6) is 0.901. The van der Waals surface area contributed by atoms with Crippen molar-refractivity contribution in [2.45, 2.75) is 65.3 Å². The van der Waals surface area contributed by atoms with Gasteiger partial charge in [0.2, 0.25) is 15.9 Å². The van der Waals surface area contributed by atoms with Crippen molar-refractivity contribution in [1.29, 1.82) is 0 Å². The van der Waals surface area contributed by atoms with Crippen LogP contribution in [0, 0.1) is 22.7 Å². The standard InChI is InChI=1S/C18H29NO3S/c1-5-6-13(2)7-8-16(20)19-15-11-14-9-10-18(15,17(14,3)4)12-23(19,21)22/h5,13-15H,1,6-12H2,2-4H3/t13-,14+,15-,18-/m0/s1. The topological polar surface area (TPSA) is 54.5 Å². The molecule has 3 aliphatic rings. The number of hydrogen-bond acceptors (Lipinski definition) is 3. The molecular weight excluding hydrogens is 310 g/mol. The van der Waals surface area contributed by atoms with Crippen LogP contribution in [0.3, 0.4) is 0 Å². The third-order valence-electron chi connectivity index (χ3n) is 7.08. The minimum Gasteiger partial charge on any atom is -0.274 e. The van der Waals surface area contributed by atoms with Gasteiger partial charge in [-0.25, -0.2) is 12.7 Å². The molecule has 2 saturated carbocycles. The first-order chi connectivity index (χ1) is 10.7. The molecule has 4 atom stereocenters. The van der Waals surface area contributed by atoms with E-state index in [1.54, 1.807) is 0 Å². The average molecular weight is 340 g/mol. The maximum Gasteiger partial charge on any atom is 0.238 e. The number of hydrogen-bond donors (Lipinski definition) is 0. The number of amides is 1. The predicted octanol–water partition coefficient (Wildman–Crippen LogP) is 3.35. The molecule has 3 rings (SSSR count). The number of allylic oxidation sites excluding steroid dienone is 1. The quantitative estimate of drug-likeness (QED) is 0.722. The van der Waals surface area contributed by atoms with Crippen molar-refractivity contribution in [2.24, 2.45) is 22.7 Å². The summed E-state index contributed by atoms with van der Waals surface area (Å²) in [5, 5.41) is 0. The van der Waals surface area contributed by atoms with Gasteiger partial charge in [0.15, 0.2) is 0 Å². The fourth-order valence-electron chi connectivity index (χ4n) is 5.50. The van der Waals surface area contributed by atoms with E-state index in [2.05, 4.69) is 27.4 Å². The summed E-state index contributed by atoms with van der Waals surface area (Å²) in [6.07, 6.45) is 6.69. The van der Waals surface area contributed by atoms with Crippen molar-refractivity contribution in [3.8, 4) is 0 Å². The molecule has 0 aromatic heterocycles. The van der Waals surface area contributed by atoms with Crippen molar-refractivity contribution >= 4 is 15.9 Å². The lowest BCUT2D eigenvalue weighted by molar-refractivity contribution is -0.129. The minimum absolute atomic E-state index is 0.0237. The Bertz CT molecular complexity index is 624. The maximum atomic E-state index is 12.7. The Hall–Kier alpha value is -0.840. The first kappa shape index (κ1) is 17.0. The van der Waals surface area contributed by atoms with Crippen LogP contribution in [0.25, 0.3) is 0 Å². The molecule has 1 aliphatic heterocycles. The molecule has 0 radical (unpaired) electrons. The Labute approximate surface area is 140 Å². The van der Waals surface area contributed by atoms with Crippen LogP contribution < -0.4 is 0 Å². The van der Waals surface area contributed by atoms with Gasteiger partial charge in [-0.2, -0.15) is 0 Å². The van der Waals surface area contributed by atoms with Crippen LogP contribution in [0.4, 0.5) is 0 Å². The number of carbonyl (C=O) groups is 1. The fraction of sp³-hybridized carbons (Fsp3) is 0.833. The van der Waals surface area contributed by atoms with Gasteiger partial charge in [-0.1, -0.05) is 26.8 Å². The van der Waals surface area contributed by atoms with Gasteiger partial charge in [-0.15, -0.1) is 6.58 Å². The molecule has 0 aromatic carbocycles. The molecule has 0 aromatic rings. The third kappa shape index (κ3) is 2.30. The van der Waals surface area contributed by atoms with Gasteiger partial charge in [0.25, 0.3) is 0 Å². The number of fused-ring (bicyclic) bond motifs is 1. The highest BCUT2D eigenvalue weighted by Crippen LogP contribution is 2.70. The van der Waals surface area contributed by atoms with Crippen molar-refractivity contribution in [2.75, 3.05) is 5.75 Å². The Morgan fingerprint density at radius 2 is 2.13 bits per heavy atom. The normalized spacial score (nSPS) is 37.6. The van der Waals surface area contributed by atoms with Gasteiger partial charge in [-0.05, 0) is 49.4 Å². The first-order valence-electron chi connectivity index (χ1n) is 8.81. The zero-order valence-corrected chi connectivity index (χ0v) is 15.4. The second-order valence-corrected chi connectivity index (χ2v) is 10.3. The van der Waals surface area contributed by atoms with Crippen molar-refractivity contribution in [1.82, 2.24) is 4.31 Å². The highest BCUT2D eigenvalue weighted by molar-refractivity contribution is 7.90. The number of carbonyl (C=O) groups excluding carboxylic acids is 1. The number of sulfonamides is 1. The zero-order valence-electron chi connectivity index (χ0n) is 14.5. The Kier molecular flexibility index (Phi) is 3.94. The van der Waals surface area contributed by atoms with Crippen LogP contribution in [0.1, 0.15) is 59.3 Å². The summed E-state index contributed by atoms with van der Waals surface area (Å²) in [4.78, 5) is 12.7. The summed E-state index contributed by atoms with van der Waals surface area (Å²) in [7, 11) is -3.46. The summed E-state index contributed by atoms with van der Waals surface area (Å²) in [5.41, 5.74) is -0.186. The van der Waals surface area contributed by atoms with Crippen molar-refractivity contribution in [3.63, 3.8) is 0 Å². The van der Waals surface area contributed by atoms with Crippen LogP contribution in [0.5, 0.6) is 0 Å². The third-order valence-corrected chi connectivity index (χ3v) is 9.01. The molecule has 3 fully saturated rings. The molecule has 5 heteroatoms. The Morgan fingerprint density at radius 3 is 2.74 bits per heavy atom. The van der Waals surface area contributed by atoms with E-state index in [0.29, 0.717) is 18.3 Å². The predicted molar refractivity (Wildman–Crippen MR) is 91.2 cm³/mol. The summed E-state index contributed by atoms with van der Waals surface area (Å²) in [6.45, 7) is 10.2. The van der Waals surface area contributed by atoms with E-state index in [1.807, 2.05) is 6.08 Å². The highest BCUT2D eigenvalue weighted by Gasteiger charge is 2.72. The fourth-order valence-corrected chi connectivity index (χ4v) is 8.08. The monoisotopic (exact) mass is 339 g/mol. The average Bonchev–Trinajstić information content (AvgIpc) is 2.92.